The van der Waals surface area contributed by atoms with Gasteiger partial charge in [0, 0.05) is 16.9 Å². The topological polar surface area (TPSA) is 33.1 Å². The molecule has 0 aliphatic carbocycles. The average Bonchev–Trinajstić information content (AvgIpc) is 2.30. The van der Waals surface area contributed by atoms with Crippen molar-refractivity contribution in [2.24, 2.45) is 0 Å². The van der Waals surface area contributed by atoms with Gasteiger partial charge in [-0.25, -0.2) is 0 Å². The van der Waals surface area contributed by atoms with Gasteiger partial charge in [0.2, 0.25) is 0 Å². The van der Waals surface area contributed by atoms with E-state index in [1.807, 2.05) is 36.4 Å². The summed E-state index contributed by atoms with van der Waals surface area (Å²) in [4.78, 5) is 3.92. The number of pyridine rings is 1. The predicted molar refractivity (Wildman–Crippen MR) is 62.4 cm³/mol. The highest BCUT2D eigenvalue weighted by molar-refractivity contribution is 9.10. The highest BCUT2D eigenvalue weighted by atomic mass is 79.9. The zero-order chi connectivity index (χ0) is 10.7. The highest BCUT2D eigenvalue weighted by Gasteiger charge is 2.08. The standard InChI is InChI=1S/C12H10BrNO/c13-11-3-1-9(2-4-11)12(15)10-5-7-14-8-6-10/h1-8,12,15H/t12-/m0/s1. The molecule has 0 bridgehead atoms. The number of nitrogens with zero attached hydrogens (tertiary/aromatic N) is 1. The first-order chi connectivity index (χ1) is 7.27. The van der Waals surface area contributed by atoms with Crippen molar-refractivity contribution in [3.05, 3.63) is 64.4 Å². The van der Waals surface area contributed by atoms with Crippen molar-refractivity contribution in [2.75, 3.05) is 0 Å². The Kier molecular flexibility index (Phi) is 3.14. The van der Waals surface area contributed by atoms with Crippen molar-refractivity contribution in [3.63, 3.8) is 0 Å². The van der Waals surface area contributed by atoms with Gasteiger partial charge in [-0.1, -0.05) is 28.1 Å². The molecule has 1 aromatic carbocycles. The molecule has 0 saturated carbocycles. The maximum absolute atomic E-state index is 10.0. The van der Waals surface area contributed by atoms with Crippen LogP contribution in [-0.4, -0.2) is 10.1 Å². The van der Waals surface area contributed by atoms with Gasteiger partial charge in [-0.15, -0.1) is 0 Å². The van der Waals surface area contributed by atoms with Crippen LogP contribution in [0.4, 0.5) is 0 Å². The lowest BCUT2D eigenvalue weighted by molar-refractivity contribution is 0.220. The van der Waals surface area contributed by atoms with Gasteiger partial charge in [0.05, 0.1) is 0 Å². The molecular formula is C12H10BrNO. The Hall–Kier alpha value is -1.19. The minimum absolute atomic E-state index is 0.582. The third kappa shape index (κ3) is 2.43. The number of halogens is 1. The Morgan fingerprint density at radius 3 is 2.07 bits per heavy atom. The minimum Gasteiger partial charge on any atom is -0.384 e. The number of aliphatic hydroxyl groups excluding tert-OH is 1. The average molecular weight is 264 g/mol. The van der Waals surface area contributed by atoms with E-state index in [1.165, 1.54) is 0 Å². The molecule has 15 heavy (non-hydrogen) atoms. The summed E-state index contributed by atoms with van der Waals surface area (Å²) in [6, 6.07) is 11.3. The molecule has 0 amide bonds. The number of aliphatic hydroxyl groups is 1. The molecule has 0 fully saturated rings. The second-order valence-corrected chi connectivity index (χ2v) is 4.15. The van der Waals surface area contributed by atoms with Gasteiger partial charge in [0.1, 0.15) is 6.10 Å². The first-order valence-electron chi connectivity index (χ1n) is 4.61. The van der Waals surface area contributed by atoms with Crippen LogP contribution in [0.2, 0.25) is 0 Å². The Labute approximate surface area is 96.7 Å². The molecule has 0 radical (unpaired) electrons. The molecule has 2 rings (SSSR count). The smallest absolute Gasteiger partial charge is 0.104 e. The van der Waals surface area contributed by atoms with Crippen LogP contribution in [0.5, 0.6) is 0 Å². The van der Waals surface area contributed by atoms with E-state index in [-0.39, 0.29) is 0 Å². The summed E-state index contributed by atoms with van der Waals surface area (Å²) in [7, 11) is 0. The van der Waals surface area contributed by atoms with Gasteiger partial charge in [0.15, 0.2) is 0 Å². The van der Waals surface area contributed by atoms with E-state index in [2.05, 4.69) is 20.9 Å². The van der Waals surface area contributed by atoms with Gasteiger partial charge < -0.3 is 5.11 Å². The maximum atomic E-state index is 10.0. The number of benzene rings is 1. The Morgan fingerprint density at radius 2 is 1.47 bits per heavy atom. The van der Waals surface area contributed by atoms with Crippen LogP contribution in [0.3, 0.4) is 0 Å². The van der Waals surface area contributed by atoms with Crippen LogP contribution < -0.4 is 0 Å². The molecule has 76 valence electrons. The van der Waals surface area contributed by atoms with E-state index in [9.17, 15) is 5.11 Å². The zero-order valence-electron chi connectivity index (χ0n) is 7.97. The lowest BCUT2D eigenvalue weighted by Gasteiger charge is -2.10. The molecular weight excluding hydrogens is 254 g/mol. The summed E-state index contributed by atoms with van der Waals surface area (Å²) in [5.74, 6) is 0. The fraction of sp³-hybridized carbons (Fsp3) is 0.0833. The van der Waals surface area contributed by atoms with Crippen LogP contribution in [0.15, 0.2) is 53.3 Å². The quantitative estimate of drug-likeness (QED) is 0.904. The monoisotopic (exact) mass is 263 g/mol. The molecule has 3 heteroatoms. The maximum Gasteiger partial charge on any atom is 0.104 e. The third-order valence-corrected chi connectivity index (χ3v) is 2.74. The largest absolute Gasteiger partial charge is 0.384 e. The first kappa shape index (κ1) is 10.3. The third-order valence-electron chi connectivity index (χ3n) is 2.21. The predicted octanol–water partition coefficient (Wildman–Crippen LogP) is 2.93. The minimum atomic E-state index is -0.582. The van der Waals surface area contributed by atoms with Gasteiger partial charge in [-0.3, -0.25) is 4.98 Å². The van der Waals surface area contributed by atoms with Crippen LogP contribution in [-0.2, 0) is 0 Å². The van der Waals surface area contributed by atoms with E-state index < -0.39 is 6.10 Å². The molecule has 0 aliphatic heterocycles. The van der Waals surface area contributed by atoms with E-state index in [4.69, 9.17) is 0 Å². The van der Waals surface area contributed by atoms with Gasteiger partial charge in [-0.05, 0) is 35.4 Å². The highest BCUT2D eigenvalue weighted by Crippen LogP contribution is 2.22. The van der Waals surface area contributed by atoms with Gasteiger partial charge in [0.25, 0.3) is 0 Å². The number of hydrogen-bond acceptors (Lipinski definition) is 2. The summed E-state index contributed by atoms with van der Waals surface area (Å²) in [6.45, 7) is 0. The summed E-state index contributed by atoms with van der Waals surface area (Å²) in [5, 5.41) is 10.0. The lowest BCUT2D eigenvalue weighted by atomic mass is 10.0. The molecule has 1 aromatic heterocycles. The molecule has 1 N–H and O–H groups in total. The summed E-state index contributed by atoms with van der Waals surface area (Å²) in [5.41, 5.74) is 1.73. The summed E-state index contributed by atoms with van der Waals surface area (Å²) >= 11 is 3.36. The molecule has 0 aliphatic rings. The van der Waals surface area contributed by atoms with Crippen LogP contribution in [0.1, 0.15) is 17.2 Å². The van der Waals surface area contributed by atoms with E-state index in [1.54, 1.807) is 12.4 Å². The zero-order valence-corrected chi connectivity index (χ0v) is 9.55. The molecule has 1 heterocycles. The molecule has 0 spiro atoms. The number of aromatic nitrogens is 1. The van der Waals surface area contributed by atoms with E-state index in [0.717, 1.165) is 15.6 Å². The molecule has 0 saturated heterocycles. The fourth-order valence-electron chi connectivity index (χ4n) is 1.38. The SMILES string of the molecule is O[C@H](c1ccncc1)c1ccc(Br)cc1. The van der Waals surface area contributed by atoms with Crippen molar-refractivity contribution in [1.29, 1.82) is 0 Å². The first-order valence-corrected chi connectivity index (χ1v) is 5.40. The molecule has 2 nitrogen and oxygen atoms in total. The fourth-order valence-corrected chi connectivity index (χ4v) is 1.65. The van der Waals surface area contributed by atoms with Crippen molar-refractivity contribution in [1.82, 2.24) is 4.98 Å². The van der Waals surface area contributed by atoms with Gasteiger partial charge >= 0.3 is 0 Å². The molecule has 2 aromatic rings. The normalized spacial score (nSPS) is 12.4. The molecule has 1 atom stereocenters. The summed E-state index contributed by atoms with van der Waals surface area (Å²) < 4.78 is 1.01. The van der Waals surface area contributed by atoms with E-state index >= 15 is 0 Å². The van der Waals surface area contributed by atoms with Crippen molar-refractivity contribution in [2.45, 2.75) is 6.10 Å². The summed E-state index contributed by atoms with van der Waals surface area (Å²) in [6.07, 6.45) is 2.77. The second-order valence-electron chi connectivity index (χ2n) is 3.23. The van der Waals surface area contributed by atoms with Crippen LogP contribution >= 0.6 is 15.9 Å². The van der Waals surface area contributed by atoms with Crippen molar-refractivity contribution < 1.29 is 5.11 Å². The Bertz CT molecular complexity index is 427. The Morgan fingerprint density at radius 1 is 0.933 bits per heavy atom. The second kappa shape index (κ2) is 4.55. The van der Waals surface area contributed by atoms with Crippen LogP contribution in [0, 0.1) is 0 Å². The number of rotatable bonds is 2. The lowest BCUT2D eigenvalue weighted by Crippen LogP contribution is -1.98. The van der Waals surface area contributed by atoms with Crippen molar-refractivity contribution >= 4 is 15.9 Å². The molecule has 0 unspecified atom stereocenters. The Balaban J connectivity index is 2.29. The van der Waals surface area contributed by atoms with E-state index in [0.29, 0.717) is 0 Å². The van der Waals surface area contributed by atoms with Crippen LogP contribution in [0.25, 0.3) is 0 Å². The number of hydrogen-bond donors (Lipinski definition) is 1. The van der Waals surface area contributed by atoms with Gasteiger partial charge in [-0.2, -0.15) is 0 Å². The van der Waals surface area contributed by atoms with Crippen molar-refractivity contribution in [3.8, 4) is 0 Å².